The number of morpholine rings is 1. The molecule has 1 heterocycles. The van der Waals surface area contributed by atoms with E-state index >= 15 is 0 Å². The Balaban J connectivity index is 1.53. The largest absolute Gasteiger partial charge is 0.493 e. The van der Waals surface area contributed by atoms with Crippen molar-refractivity contribution in [1.82, 2.24) is 10.2 Å². The summed E-state index contributed by atoms with van der Waals surface area (Å²) in [7, 11) is 4.67. The van der Waals surface area contributed by atoms with E-state index in [1.165, 1.54) is 11.6 Å². The lowest BCUT2D eigenvalue weighted by atomic mass is 10.1. The molecule has 1 saturated heterocycles. The van der Waals surface area contributed by atoms with Gasteiger partial charge in [-0.1, -0.05) is 24.3 Å². The van der Waals surface area contributed by atoms with Crippen LogP contribution in [0.25, 0.3) is 6.08 Å². The average molecular weight is 427 g/mol. The quantitative estimate of drug-likeness (QED) is 0.622. The summed E-state index contributed by atoms with van der Waals surface area (Å²) in [6, 6.07) is 11.9. The van der Waals surface area contributed by atoms with Gasteiger partial charge in [-0.15, -0.1) is 0 Å². The molecular weight excluding hydrogens is 396 g/mol. The highest BCUT2D eigenvalue weighted by atomic mass is 16.5. The number of nitrogens with zero attached hydrogens (tertiary/aromatic N) is 1. The van der Waals surface area contributed by atoms with Crippen molar-refractivity contribution in [3.8, 4) is 17.2 Å². The fourth-order valence-corrected chi connectivity index (χ4v) is 3.40. The summed E-state index contributed by atoms with van der Waals surface area (Å²) in [5, 5.41) is 2.91. The van der Waals surface area contributed by atoms with Crippen molar-refractivity contribution in [2.75, 3.05) is 47.6 Å². The van der Waals surface area contributed by atoms with Crippen LogP contribution in [-0.2, 0) is 22.6 Å². The Bertz CT molecular complexity index is 864. The Morgan fingerprint density at radius 2 is 1.61 bits per heavy atom. The van der Waals surface area contributed by atoms with Gasteiger partial charge in [-0.25, -0.2) is 0 Å². The van der Waals surface area contributed by atoms with Crippen LogP contribution in [0.1, 0.15) is 16.7 Å². The van der Waals surface area contributed by atoms with Crippen LogP contribution in [0.3, 0.4) is 0 Å². The van der Waals surface area contributed by atoms with Gasteiger partial charge in [0.1, 0.15) is 0 Å². The van der Waals surface area contributed by atoms with E-state index in [1.807, 2.05) is 0 Å². The van der Waals surface area contributed by atoms with E-state index < -0.39 is 0 Å². The lowest BCUT2D eigenvalue weighted by Crippen LogP contribution is -2.35. The first-order chi connectivity index (χ1) is 15.1. The third kappa shape index (κ3) is 6.47. The number of carbonyl (C=O) groups excluding carboxylic acids is 1. The van der Waals surface area contributed by atoms with Crippen molar-refractivity contribution in [1.29, 1.82) is 0 Å². The summed E-state index contributed by atoms with van der Waals surface area (Å²) < 4.78 is 21.4. The zero-order valence-corrected chi connectivity index (χ0v) is 18.3. The van der Waals surface area contributed by atoms with Crippen LogP contribution in [-0.4, -0.2) is 58.4 Å². The SMILES string of the molecule is COc1cc(C=CC(=O)NCc2ccc(CN3CCOCC3)cc2)cc(OC)c1OC. The van der Waals surface area contributed by atoms with Crippen molar-refractivity contribution in [3.63, 3.8) is 0 Å². The van der Waals surface area contributed by atoms with Gasteiger partial charge in [0.05, 0.1) is 34.5 Å². The number of carbonyl (C=O) groups is 1. The van der Waals surface area contributed by atoms with Crippen LogP contribution >= 0.6 is 0 Å². The second kappa shape index (κ2) is 11.4. The molecule has 1 fully saturated rings. The lowest BCUT2D eigenvalue weighted by Gasteiger charge is -2.26. The topological polar surface area (TPSA) is 69.3 Å². The van der Waals surface area contributed by atoms with Crippen molar-refractivity contribution in [2.24, 2.45) is 0 Å². The molecule has 1 N–H and O–H groups in total. The van der Waals surface area contributed by atoms with Gasteiger partial charge in [0, 0.05) is 32.3 Å². The second-order valence-corrected chi connectivity index (χ2v) is 7.21. The van der Waals surface area contributed by atoms with Crippen molar-refractivity contribution in [2.45, 2.75) is 13.1 Å². The molecule has 3 rings (SSSR count). The van der Waals surface area contributed by atoms with Gasteiger partial charge in [-0.2, -0.15) is 0 Å². The van der Waals surface area contributed by atoms with Crippen LogP contribution in [0.5, 0.6) is 17.2 Å². The zero-order valence-electron chi connectivity index (χ0n) is 18.3. The maximum absolute atomic E-state index is 12.2. The van der Waals surface area contributed by atoms with Crippen LogP contribution in [0.4, 0.5) is 0 Å². The lowest BCUT2D eigenvalue weighted by molar-refractivity contribution is -0.116. The number of amides is 1. The number of nitrogens with one attached hydrogen (secondary N) is 1. The fraction of sp³-hybridized carbons (Fsp3) is 0.375. The molecule has 1 aliphatic rings. The number of methoxy groups -OCH3 is 3. The molecule has 0 aromatic heterocycles. The van der Waals surface area contributed by atoms with E-state index in [0.29, 0.717) is 23.8 Å². The van der Waals surface area contributed by atoms with Crippen LogP contribution in [0.2, 0.25) is 0 Å². The number of hydrogen-bond acceptors (Lipinski definition) is 6. The third-order valence-corrected chi connectivity index (χ3v) is 5.11. The molecule has 0 aliphatic carbocycles. The minimum atomic E-state index is -0.175. The molecule has 0 bridgehead atoms. The standard InChI is InChI=1S/C24H30N2O5/c1-28-21-14-20(15-22(29-2)24(21)30-3)8-9-23(27)25-16-18-4-6-19(7-5-18)17-26-10-12-31-13-11-26/h4-9,14-15H,10-13,16-17H2,1-3H3,(H,25,27). The molecular formula is C24H30N2O5. The number of rotatable bonds is 9. The van der Waals surface area contributed by atoms with Gasteiger partial charge in [-0.3, -0.25) is 9.69 Å². The molecule has 0 unspecified atom stereocenters. The Hall–Kier alpha value is -3.03. The molecule has 31 heavy (non-hydrogen) atoms. The normalized spacial score (nSPS) is 14.4. The zero-order chi connectivity index (χ0) is 22.1. The maximum Gasteiger partial charge on any atom is 0.244 e. The molecule has 1 amide bonds. The van der Waals surface area contributed by atoms with Crippen molar-refractivity contribution < 1.29 is 23.7 Å². The van der Waals surface area contributed by atoms with E-state index in [-0.39, 0.29) is 5.91 Å². The van der Waals surface area contributed by atoms with Gasteiger partial charge in [-0.05, 0) is 34.9 Å². The Morgan fingerprint density at radius 3 is 2.19 bits per heavy atom. The molecule has 2 aromatic rings. The van der Waals surface area contributed by atoms with Crippen molar-refractivity contribution >= 4 is 12.0 Å². The van der Waals surface area contributed by atoms with Gasteiger partial charge in [0.15, 0.2) is 11.5 Å². The van der Waals surface area contributed by atoms with Crippen LogP contribution < -0.4 is 19.5 Å². The number of benzene rings is 2. The van der Waals surface area contributed by atoms with Gasteiger partial charge in [0.25, 0.3) is 0 Å². The summed E-state index contributed by atoms with van der Waals surface area (Å²) >= 11 is 0. The predicted molar refractivity (Wildman–Crippen MR) is 120 cm³/mol. The molecule has 0 spiro atoms. The van der Waals surface area contributed by atoms with E-state index in [2.05, 4.69) is 34.5 Å². The van der Waals surface area contributed by atoms with Gasteiger partial charge >= 0.3 is 0 Å². The minimum Gasteiger partial charge on any atom is -0.493 e. The number of hydrogen-bond donors (Lipinski definition) is 1. The van der Waals surface area contributed by atoms with Gasteiger partial charge < -0.3 is 24.3 Å². The third-order valence-electron chi connectivity index (χ3n) is 5.11. The molecule has 2 aromatic carbocycles. The second-order valence-electron chi connectivity index (χ2n) is 7.21. The summed E-state index contributed by atoms with van der Waals surface area (Å²) in [5.74, 6) is 1.42. The van der Waals surface area contributed by atoms with E-state index in [4.69, 9.17) is 18.9 Å². The first-order valence-corrected chi connectivity index (χ1v) is 10.3. The molecule has 0 atom stereocenters. The summed E-state index contributed by atoms with van der Waals surface area (Å²) in [4.78, 5) is 14.6. The van der Waals surface area contributed by atoms with E-state index in [1.54, 1.807) is 39.5 Å². The fourth-order valence-electron chi connectivity index (χ4n) is 3.40. The molecule has 1 aliphatic heterocycles. The molecule has 166 valence electrons. The van der Waals surface area contributed by atoms with Crippen LogP contribution in [0.15, 0.2) is 42.5 Å². The van der Waals surface area contributed by atoms with Gasteiger partial charge in [0.2, 0.25) is 11.7 Å². The summed E-state index contributed by atoms with van der Waals surface area (Å²) in [6.07, 6.45) is 3.21. The Labute approximate surface area is 183 Å². The highest BCUT2D eigenvalue weighted by molar-refractivity contribution is 5.91. The highest BCUT2D eigenvalue weighted by Crippen LogP contribution is 2.38. The Kier molecular flexibility index (Phi) is 8.32. The predicted octanol–water partition coefficient (Wildman–Crippen LogP) is 2.87. The summed E-state index contributed by atoms with van der Waals surface area (Å²) in [5.41, 5.74) is 3.09. The van der Waals surface area contributed by atoms with Crippen molar-refractivity contribution in [3.05, 3.63) is 59.2 Å². The minimum absolute atomic E-state index is 0.175. The monoisotopic (exact) mass is 426 g/mol. The van der Waals surface area contributed by atoms with E-state index in [9.17, 15) is 4.79 Å². The maximum atomic E-state index is 12.2. The first-order valence-electron chi connectivity index (χ1n) is 10.3. The molecule has 0 saturated carbocycles. The average Bonchev–Trinajstić information content (AvgIpc) is 2.82. The number of ether oxygens (including phenoxy) is 4. The smallest absolute Gasteiger partial charge is 0.244 e. The molecule has 0 radical (unpaired) electrons. The molecule has 7 heteroatoms. The molecule has 7 nitrogen and oxygen atoms in total. The van der Waals surface area contributed by atoms with E-state index in [0.717, 1.165) is 44.0 Å². The summed E-state index contributed by atoms with van der Waals surface area (Å²) in [6.45, 7) is 4.93. The van der Waals surface area contributed by atoms with Crippen LogP contribution in [0, 0.1) is 0 Å². The highest BCUT2D eigenvalue weighted by Gasteiger charge is 2.12. The first kappa shape index (κ1) is 22.7. The Morgan fingerprint density at radius 1 is 1.00 bits per heavy atom.